The summed E-state index contributed by atoms with van der Waals surface area (Å²) in [7, 11) is 0. The largest absolute Gasteiger partial charge is 0.342 e. The molecule has 0 aliphatic carbocycles. The molecule has 104 valence electrons. The molecule has 2 aliphatic rings. The molecule has 3 nitrogen and oxygen atoms in total. The third-order valence-corrected chi connectivity index (χ3v) is 4.68. The van der Waals surface area contributed by atoms with E-state index in [0.717, 1.165) is 24.9 Å². The Morgan fingerprint density at radius 1 is 1.00 bits per heavy atom. The Balaban J connectivity index is 1.91. The zero-order valence-electron chi connectivity index (χ0n) is 12.4. The molecule has 0 radical (unpaired) electrons. The van der Waals surface area contributed by atoms with Crippen molar-refractivity contribution in [2.24, 2.45) is 17.8 Å². The van der Waals surface area contributed by atoms with Gasteiger partial charge in [0.2, 0.25) is 5.91 Å². The number of piperidine rings is 2. The molecular formula is C15H28N2O. The lowest BCUT2D eigenvalue weighted by molar-refractivity contribution is -0.138. The molecule has 0 bridgehead atoms. The minimum atomic E-state index is 0.150. The van der Waals surface area contributed by atoms with Gasteiger partial charge in [-0.3, -0.25) is 4.79 Å². The van der Waals surface area contributed by atoms with Gasteiger partial charge in [0.25, 0.3) is 0 Å². The van der Waals surface area contributed by atoms with Crippen molar-refractivity contribution in [2.45, 2.75) is 46.6 Å². The maximum atomic E-state index is 12.1. The molecule has 0 aromatic rings. The first-order valence-corrected chi connectivity index (χ1v) is 7.52. The van der Waals surface area contributed by atoms with Gasteiger partial charge in [-0.2, -0.15) is 0 Å². The summed E-state index contributed by atoms with van der Waals surface area (Å²) >= 11 is 0. The Kier molecular flexibility index (Phi) is 4.31. The van der Waals surface area contributed by atoms with E-state index in [-0.39, 0.29) is 5.92 Å². The lowest BCUT2D eigenvalue weighted by atomic mass is 9.79. The first-order valence-electron chi connectivity index (χ1n) is 7.52. The van der Waals surface area contributed by atoms with Gasteiger partial charge >= 0.3 is 0 Å². The number of hydrogen-bond donors (Lipinski definition) is 0. The standard InChI is InChI=1S/C15H28N2O/c1-11(2)15(18)17-8-6-13-9-16(12(3)4)7-5-14(13)10-17/h11-14H,5-10H2,1-4H3. The number of likely N-dealkylation sites (tertiary alicyclic amines) is 2. The number of carbonyl (C=O) groups is 1. The Morgan fingerprint density at radius 3 is 2.22 bits per heavy atom. The molecule has 2 saturated heterocycles. The first-order chi connectivity index (χ1) is 8.49. The highest BCUT2D eigenvalue weighted by atomic mass is 16.2. The molecule has 0 saturated carbocycles. The van der Waals surface area contributed by atoms with E-state index in [0.29, 0.717) is 11.9 Å². The summed E-state index contributed by atoms with van der Waals surface area (Å²) in [6.07, 6.45) is 2.47. The van der Waals surface area contributed by atoms with Gasteiger partial charge in [0, 0.05) is 31.6 Å². The molecular weight excluding hydrogens is 224 g/mol. The van der Waals surface area contributed by atoms with E-state index in [9.17, 15) is 4.79 Å². The zero-order chi connectivity index (χ0) is 13.3. The van der Waals surface area contributed by atoms with Gasteiger partial charge in [-0.15, -0.1) is 0 Å². The summed E-state index contributed by atoms with van der Waals surface area (Å²) < 4.78 is 0. The van der Waals surface area contributed by atoms with Gasteiger partial charge in [0.15, 0.2) is 0 Å². The summed E-state index contributed by atoms with van der Waals surface area (Å²) in [5, 5.41) is 0. The smallest absolute Gasteiger partial charge is 0.225 e. The van der Waals surface area contributed by atoms with Crippen molar-refractivity contribution in [1.29, 1.82) is 0 Å². The number of nitrogens with zero attached hydrogens (tertiary/aromatic N) is 2. The maximum Gasteiger partial charge on any atom is 0.225 e. The molecule has 0 aromatic carbocycles. The highest BCUT2D eigenvalue weighted by Gasteiger charge is 2.36. The predicted octanol–water partition coefficient (Wildman–Crippen LogP) is 2.22. The monoisotopic (exact) mass is 252 g/mol. The number of carbonyl (C=O) groups excluding carboxylic acids is 1. The average Bonchev–Trinajstić information content (AvgIpc) is 2.36. The Morgan fingerprint density at radius 2 is 1.61 bits per heavy atom. The second-order valence-electron chi connectivity index (χ2n) is 6.63. The molecule has 2 aliphatic heterocycles. The molecule has 1 amide bonds. The van der Waals surface area contributed by atoms with Crippen LogP contribution < -0.4 is 0 Å². The van der Waals surface area contributed by atoms with E-state index in [1.54, 1.807) is 0 Å². The molecule has 3 heteroatoms. The van der Waals surface area contributed by atoms with Crippen LogP contribution in [0.2, 0.25) is 0 Å². The second-order valence-corrected chi connectivity index (χ2v) is 6.63. The van der Waals surface area contributed by atoms with Crippen LogP contribution in [0.1, 0.15) is 40.5 Å². The quantitative estimate of drug-likeness (QED) is 0.752. The van der Waals surface area contributed by atoms with Crippen LogP contribution in [0.3, 0.4) is 0 Å². The fourth-order valence-electron chi connectivity index (χ4n) is 3.41. The van der Waals surface area contributed by atoms with Gasteiger partial charge in [-0.25, -0.2) is 0 Å². The molecule has 18 heavy (non-hydrogen) atoms. The summed E-state index contributed by atoms with van der Waals surface area (Å²) in [4.78, 5) is 16.8. The molecule has 0 aromatic heterocycles. The molecule has 2 heterocycles. The molecule has 2 atom stereocenters. The van der Waals surface area contributed by atoms with Crippen LogP contribution in [0, 0.1) is 17.8 Å². The fourth-order valence-corrected chi connectivity index (χ4v) is 3.41. The fraction of sp³-hybridized carbons (Fsp3) is 0.933. The highest BCUT2D eigenvalue weighted by molar-refractivity contribution is 5.78. The average molecular weight is 252 g/mol. The van der Waals surface area contributed by atoms with Crippen molar-refractivity contribution in [3.05, 3.63) is 0 Å². The van der Waals surface area contributed by atoms with Crippen molar-refractivity contribution in [3.8, 4) is 0 Å². The Hall–Kier alpha value is -0.570. The summed E-state index contributed by atoms with van der Waals surface area (Å²) in [6, 6.07) is 0.668. The minimum Gasteiger partial charge on any atom is -0.342 e. The van der Waals surface area contributed by atoms with Crippen LogP contribution in [0.25, 0.3) is 0 Å². The van der Waals surface area contributed by atoms with Crippen LogP contribution in [0.5, 0.6) is 0 Å². The lowest BCUT2D eigenvalue weighted by Gasteiger charge is -2.46. The minimum absolute atomic E-state index is 0.150. The van der Waals surface area contributed by atoms with Gasteiger partial charge in [-0.05, 0) is 45.1 Å². The third-order valence-electron chi connectivity index (χ3n) is 4.68. The second kappa shape index (κ2) is 5.60. The lowest BCUT2D eigenvalue weighted by Crippen LogP contribution is -2.52. The van der Waals surface area contributed by atoms with Crippen LogP contribution in [-0.2, 0) is 4.79 Å². The molecule has 2 fully saturated rings. The van der Waals surface area contributed by atoms with E-state index < -0.39 is 0 Å². The van der Waals surface area contributed by atoms with E-state index in [1.165, 1.54) is 25.9 Å². The molecule has 0 spiro atoms. The van der Waals surface area contributed by atoms with Crippen LogP contribution >= 0.6 is 0 Å². The third kappa shape index (κ3) is 2.87. The van der Waals surface area contributed by atoms with Gasteiger partial charge in [0.1, 0.15) is 0 Å². The summed E-state index contributed by atoms with van der Waals surface area (Å²) in [6.45, 7) is 13.0. The zero-order valence-corrected chi connectivity index (χ0v) is 12.4. The van der Waals surface area contributed by atoms with Crippen molar-refractivity contribution in [1.82, 2.24) is 9.80 Å². The van der Waals surface area contributed by atoms with Crippen LogP contribution in [0.15, 0.2) is 0 Å². The topological polar surface area (TPSA) is 23.6 Å². The van der Waals surface area contributed by atoms with Crippen molar-refractivity contribution in [2.75, 3.05) is 26.2 Å². The number of hydrogen-bond acceptors (Lipinski definition) is 2. The Labute approximate surface area is 112 Å². The molecule has 2 unspecified atom stereocenters. The van der Waals surface area contributed by atoms with Gasteiger partial charge in [0.05, 0.1) is 0 Å². The van der Waals surface area contributed by atoms with E-state index in [2.05, 4.69) is 23.6 Å². The number of amides is 1. The van der Waals surface area contributed by atoms with E-state index in [1.807, 2.05) is 13.8 Å². The SMILES string of the molecule is CC(C)C(=O)N1CCC2CN(C(C)C)CCC2C1. The van der Waals surface area contributed by atoms with Crippen LogP contribution in [-0.4, -0.2) is 47.9 Å². The maximum absolute atomic E-state index is 12.1. The van der Waals surface area contributed by atoms with Gasteiger partial charge < -0.3 is 9.80 Å². The van der Waals surface area contributed by atoms with Crippen molar-refractivity contribution in [3.63, 3.8) is 0 Å². The highest BCUT2D eigenvalue weighted by Crippen LogP contribution is 2.32. The van der Waals surface area contributed by atoms with E-state index in [4.69, 9.17) is 0 Å². The van der Waals surface area contributed by atoms with E-state index >= 15 is 0 Å². The van der Waals surface area contributed by atoms with Crippen molar-refractivity contribution < 1.29 is 4.79 Å². The molecule has 0 N–H and O–H groups in total. The number of rotatable bonds is 2. The summed E-state index contributed by atoms with van der Waals surface area (Å²) in [5.74, 6) is 2.06. The van der Waals surface area contributed by atoms with Crippen LogP contribution in [0.4, 0.5) is 0 Å². The van der Waals surface area contributed by atoms with Crippen molar-refractivity contribution >= 4 is 5.91 Å². The first kappa shape index (κ1) is 13.9. The summed E-state index contributed by atoms with van der Waals surface area (Å²) in [5.41, 5.74) is 0. The molecule has 2 rings (SSSR count). The Bertz CT molecular complexity index is 301. The normalized spacial score (nSPS) is 29.8. The van der Waals surface area contributed by atoms with Gasteiger partial charge in [-0.1, -0.05) is 13.8 Å². The number of fused-ring (bicyclic) bond motifs is 1. The predicted molar refractivity (Wildman–Crippen MR) is 74.3 cm³/mol.